The molecule has 0 amide bonds. The highest BCUT2D eigenvalue weighted by Crippen LogP contribution is 2.23. The van der Waals surface area contributed by atoms with Crippen LogP contribution in [0.3, 0.4) is 0 Å². The minimum absolute atomic E-state index is 0.175. The van der Waals surface area contributed by atoms with Crippen molar-refractivity contribution >= 4 is 23.2 Å². The van der Waals surface area contributed by atoms with Gasteiger partial charge in [-0.3, -0.25) is 11.3 Å². The second-order valence-electron chi connectivity index (χ2n) is 4.60. The van der Waals surface area contributed by atoms with Crippen molar-refractivity contribution in [1.82, 2.24) is 5.43 Å². The van der Waals surface area contributed by atoms with Crippen molar-refractivity contribution in [1.29, 1.82) is 0 Å². The molecule has 0 aliphatic carbocycles. The van der Waals surface area contributed by atoms with Crippen molar-refractivity contribution in [3.8, 4) is 0 Å². The van der Waals surface area contributed by atoms with Crippen LogP contribution in [0.25, 0.3) is 0 Å². The first-order valence-electron chi connectivity index (χ1n) is 5.95. The van der Waals surface area contributed by atoms with Crippen LogP contribution >= 0.6 is 23.2 Å². The molecule has 0 radical (unpaired) electrons. The largest absolute Gasteiger partial charge is 0.384 e. The zero-order chi connectivity index (χ0) is 13.5. The molecule has 1 aromatic carbocycles. The molecule has 0 aliphatic rings. The smallest absolute Gasteiger partial charge is 0.0488 e. The van der Waals surface area contributed by atoms with E-state index in [0.717, 1.165) is 25.0 Å². The Hall–Kier alpha value is -0.320. The molecule has 2 atom stereocenters. The van der Waals surface area contributed by atoms with Gasteiger partial charge in [0.15, 0.2) is 0 Å². The lowest BCUT2D eigenvalue weighted by molar-refractivity contribution is 0.149. The highest BCUT2D eigenvalue weighted by Gasteiger charge is 2.14. The number of nitrogens with two attached hydrogens (primary N) is 1. The Morgan fingerprint density at radius 1 is 1.39 bits per heavy atom. The Labute approximate surface area is 119 Å². The Balaban J connectivity index is 2.62. The summed E-state index contributed by atoms with van der Waals surface area (Å²) in [4.78, 5) is 0. The quantitative estimate of drug-likeness (QED) is 0.599. The number of hydrogen-bond acceptors (Lipinski definition) is 3. The zero-order valence-corrected chi connectivity index (χ0v) is 12.3. The minimum atomic E-state index is 0.175. The van der Waals surface area contributed by atoms with E-state index in [0.29, 0.717) is 16.0 Å². The van der Waals surface area contributed by atoms with Gasteiger partial charge in [0.25, 0.3) is 0 Å². The summed E-state index contributed by atoms with van der Waals surface area (Å²) in [5.74, 6) is 6.03. The Kier molecular flexibility index (Phi) is 6.97. The number of methoxy groups -OCH3 is 1. The molecular weight excluding hydrogens is 271 g/mol. The third-order valence-electron chi connectivity index (χ3n) is 2.86. The average Bonchev–Trinajstić information content (AvgIpc) is 2.31. The van der Waals surface area contributed by atoms with Crippen LogP contribution in [0, 0.1) is 5.92 Å². The summed E-state index contributed by atoms with van der Waals surface area (Å²) >= 11 is 12.0. The van der Waals surface area contributed by atoms with Crippen LogP contribution in [-0.4, -0.2) is 19.8 Å². The number of halogens is 2. The molecule has 0 aliphatic heterocycles. The van der Waals surface area contributed by atoms with Crippen molar-refractivity contribution in [3.05, 3.63) is 33.8 Å². The lowest BCUT2D eigenvalue weighted by Gasteiger charge is -2.20. The molecule has 0 fully saturated rings. The Morgan fingerprint density at radius 3 is 2.67 bits per heavy atom. The van der Waals surface area contributed by atoms with E-state index in [1.165, 1.54) is 0 Å². The SMILES string of the molecule is COCC(C)CC(Cc1ccc(Cl)cc1Cl)NN. The van der Waals surface area contributed by atoms with Crippen LogP contribution < -0.4 is 11.3 Å². The van der Waals surface area contributed by atoms with Gasteiger partial charge in [0.1, 0.15) is 0 Å². The van der Waals surface area contributed by atoms with Gasteiger partial charge < -0.3 is 4.74 Å². The molecule has 1 rings (SSSR count). The van der Waals surface area contributed by atoms with E-state index in [4.69, 9.17) is 33.8 Å². The van der Waals surface area contributed by atoms with E-state index in [-0.39, 0.29) is 6.04 Å². The molecule has 0 saturated heterocycles. The molecule has 0 spiro atoms. The van der Waals surface area contributed by atoms with Gasteiger partial charge in [-0.25, -0.2) is 0 Å². The molecule has 0 bridgehead atoms. The summed E-state index contributed by atoms with van der Waals surface area (Å²) in [6.45, 7) is 2.86. The summed E-state index contributed by atoms with van der Waals surface area (Å²) in [6.07, 6.45) is 1.71. The molecule has 3 nitrogen and oxygen atoms in total. The summed E-state index contributed by atoms with van der Waals surface area (Å²) < 4.78 is 5.13. The summed E-state index contributed by atoms with van der Waals surface area (Å²) in [5, 5.41) is 1.33. The third kappa shape index (κ3) is 5.12. The number of ether oxygens (including phenoxy) is 1. The van der Waals surface area contributed by atoms with Gasteiger partial charge in [0, 0.05) is 29.8 Å². The minimum Gasteiger partial charge on any atom is -0.384 e. The molecule has 18 heavy (non-hydrogen) atoms. The molecule has 0 aromatic heterocycles. The van der Waals surface area contributed by atoms with Crippen LogP contribution in [0.5, 0.6) is 0 Å². The molecule has 0 heterocycles. The first kappa shape index (κ1) is 15.7. The number of rotatable bonds is 7. The van der Waals surface area contributed by atoms with Gasteiger partial charge in [-0.05, 0) is 36.5 Å². The van der Waals surface area contributed by atoms with Crippen molar-refractivity contribution in [2.24, 2.45) is 11.8 Å². The molecule has 5 heteroatoms. The van der Waals surface area contributed by atoms with E-state index in [9.17, 15) is 0 Å². The fraction of sp³-hybridized carbons (Fsp3) is 0.538. The van der Waals surface area contributed by atoms with E-state index in [1.807, 2.05) is 12.1 Å². The van der Waals surface area contributed by atoms with E-state index in [1.54, 1.807) is 13.2 Å². The van der Waals surface area contributed by atoms with Crippen molar-refractivity contribution in [2.75, 3.05) is 13.7 Å². The molecular formula is C13H20Cl2N2O. The predicted octanol–water partition coefficient (Wildman–Crippen LogP) is 3.04. The predicted molar refractivity (Wildman–Crippen MR) is 76.9 cm³/mol. The number of nitrogens with one attached hydrogen (secondary N) is 1. The summed E-state index contributed by atoms with van der Waals surface area (Å²) in [5.41, 5.74) is 3.88. The fourth-order valence-corrected chi connectivity index (χ4v) is 2.49. The standard InChI is InChI=1S/C13H20Cl2N2O/c1-9(8-18-2)5-12(17-16)6-10-3-4-11(14)7-13(10)15/h3-4,7,9,12,17H,5-6,8,16H2,1-2H3. The average molecular weight is 291 g/mol. The summed E-state index contributed by atoms with van der Waals surface area (Å²) in [7, 11) is 1.71. The first-order valence-corrected chi connectivity index (χ1v) is 6.71. The first-order chi connectivity index (χ1) is 8.56. The van der Waals surface area contributed by atoms with Crippen molar-refractivity contribution in [2.45, 2.75) is 25.8 Å². The van der Waals surface area contributed by atoms with Gasteiger partial charge in [-0.15, -0.1) is 0 Å². The van der Waals surface area contributed by atoms with E-state index < -0.39 is 0 Å². The zero-order valence-electron chi connectivity index (χ0n) is 10.7. The lowest BCUT2D eigenvalue weighted by atomic mass is 9.97. The molecule has 1 aromatic rings. The third-order valence-corrected chi connectivity index (χ3v) is 3.44. The Morgan fingerprint density at radius 2 is 2.11 bits per heavy atom. The maximum atomic E-state index is 6.15. The Bertz CT molecular complexity index is 374. The highest BCUT2D eigenvalue weighted by atomic mass is 35.5. The molecule has 2 unspecified atom stereocenters. The molecule has 3 N–H and O–H groups in total. The number of hydrazine groups is 1. The van der Waals surface area contributed by atoms with Crippen molar-refractivity contribution in [3.63, 3.8) is 0 Å². The normalized spacial score (nSPS) is 14.5. The maximum Gasteiger partial charge on any atom is 0.0488 e. The fourth-order valence-electron chi connectivity index (χ4n) is 2.00. The van der Waals surface area contributed by atoms with Gasteiger partial charge in [-0.2, -0.15) is 0 Å². The van der Waals surface area contributed by atoms with Crippen LogP contribution in [0.2, 0.25) is 10.0 Å². The second-order valence-corrected chi connectivity index (χ2v) is 5.44. The highest BCUT2D eigenvalue weighted by molar-refractivity contribution is 6.35. The topological polar surface area (TPSA) is 47.3 Å². The van der Waals surface area contributed by atoms with Crippen LogP contribution in [0.4, 0.5) is 0 Å². The van der Waals surface area contributed by atoms with Gasteiger partial charge >= 0.3 is 0 Å². The maximum absolute atomic E-state index is 6.15. The number of hydrogen-bond donors (Lipinski definition) is 2. The monoisotopic (exact) mass is 290 g/mol. The van der Waals surface area contributed by atoms with Crippen LogP contribution in [-0.2, 0) is 11.2 Å². The summed E-state index contributed by atoms with van der Waals surface area (Å²) in [6, 6.07) is 5.71. The van der Waals surface area contributed by atoms with Gasteiger partial charge in [0.2, 0.25) is 0 Å². The van der Waals surface area contributed by atoms with Gasteiger partial charge in [0.05, 0.1) is 0 Å². The van der Waals surface area contributed by atoms with E-state index >= 15 is 0 Å². The van der Waals surface area contributed by atoms with Crippen molar-refractivity contribution < 1.29 is 4.74 Å². The number of benzene rings is 1. The second kappa shape index (κ2) is 7.97. The molecule has 0 saturated carbocycles. The van der Waals surface area contributed by atoms with Crippen LogP contribution in [0.1, 0.15) is 18.9 Å². The van der Waals surface area contributed by atoms with Crippen LogP contribution in [0.15, 0.2) is 18.2 Å². The van der Waals surface area contributed by atoms with E-state index in [2.05, 4.69) is 12.3 Å². The van der Waals surface area contributed by atoms with Gasteiger partial charge in [-0.1, -0.05) is 36.2 Å². The molecule has 102 valence electrons. The lowest BCUT2D eigenvalue weighted by Crippen LogP contribution is -2.38.